The Kier molecular flexibility index (Phi) is 4.36. The van der Waals surface area contributed by atoms with Gasteiger partial charge in [0.15, 0.2) is 5.69 Å². The third kappa shape index (κ3) is 2.29. The van der Waals surface area contributed by atoms with Gasteiger partial charge >= 0.3 is 12.0 Å². The summed E-state index contributed by atoms with van der Waals surface area (Å²) in [5.74, 6) is 0.532. The van der Waals surface area contributed by atoms with E-state index in [0.717, 1.165) is 22.4 Å². The number of benzene rings is 2. The molecule has 0 aromatic heterocycles. The molecule has 2 aromatic carbocycles. The number of rotatable bonds is 2. The average Bonchev–Trinajstić information content (AvgIpc) is 2.93. The first-order valence-electron chi connectivity index (χ1n) is 6.62. The third-order valence-corrected chi connectivity index (χ3v) is 3.61. The van der Waals surface area contributed by atoms with Crippen LogP contribution in [0.2, 0.25) is 0 Å². The Morgan fingerprint density at radius 2 is 1.59 bits per heavy atom. The van der Waals surface area contributed by atoms with Gasteiger partial charge in [0.1, 0.15) is 0 Å². The summed E-state index contributed by atoms with van der Waals surface area (Å²) >= 11 is 0. The fourth-order valence-electron chi connectivity index (χ4n) is 2.49. The zero-order valence-corrected chi connectivity index (χ0v) is 13.0. The van der Waals surface area contributed by atoms with Crippen LogP contribution < -0.4 is 17.0 Å². The van der Waals surface area contributed by atoms with Gasteiger partial charge in [-0.3, -0.25) is 0 Å². The monoisotopic (exact) mass is 311 g/mol. The lowest BCUT2D eigenvalue weighted by molar-refractivity contribution is -0.00000461. The van der Waals surface area contributed by atoms with E-state index >= 15 is 0 Å². The van der Waals surface area contributed by atoms with Crippen molar-refractivity contribution in [1.29, 1.82) is 5.26 Å². The zero-order chi connectivity index (χ0) is 14.9. The maximum absolute atomic E-state index is 9.80. The zero-order valence-electron chi connectivity index (χ0n) is 12.2. The number of hydrogen-bond donors (Lipinski definition) is 0. The molecule has 0 aliphatic carbocycles. The normalized spacial score (nSPS) is 19.2. The van der Waals surface area contributed by atoms with E-state index in [2.05, 4.69) is 21.7 Å². The first-order chi connectivity index (χ1) is 10.2. The highest BCUT2D eigenvalue weighted by Crippen LogP contribution is 2.33. The fourth-order valence-corrected chi connectivity index (χ4v) is 2.49. The van der Waals surface area contributed by atoms with Crippen LogP contribution in [-0.4, -0.2) is 5.84 Å². The molecule has 0 fully saturated rings. The molecule has 0 bridgehead atoms. The topological polar surface area (TPSA) is 60.9 Å². The van der Waals surface area contributed by atoms with Gasteiger partial charge in [-0.05, 0) is 25.5 Å². The summed E-state index contributed by atoms with van der Waals surface area (Å²) in [5, 5.41) is 21.8. The van der Waals surface area contributed by atoms with Gasteiger partial charge in [0.25, 0.3) is 0 Å². The van der Waals surface area contributed by atoms with Crippen molar-refractivity contribution in [3.63, 3.8) is 0 Å². The number of nitriles is 1. The van der Waals surface area contributed by atoms with Crippen molar-refractivity contribution in [2.24, 2.45) is 15.5 Å². The maximum Gasteiger partial charge on any atom is 0.352 e. The Morgan fingerprint density at radius 1 is 0.955 bits per heavy atom. The van der Waals surface area contributed by atoms with Gasteiger partial charge in [0.05, 0.1) is 10.8 Å². The number of para-hydroxylation sites is 1. The van der Waals surface area contributed by atoms with E-state index in [1.807, 2.05) is 62.4 Å². The lowest BCUT2D eigenvalue weighted by atomic mass is 10.1. The van der Waals surface area contributed by atoms with Gasteiger partial charge in [-0.15, -0.1) is 5.26 Å². The number of nitrogens with zero attached hydrogens (tertiary/aromatic N) is 5. The molecule has 0 radical (unpaired) electrons. The smallest absolute Gasteiger partial charge is 0.352 e. The van der Waals surface area contributed by atoms with E-state index in [1.165, 1.54) is 0 Å². The predicted octanol–water partition coefficient (Wildman–Crippen LogP) is 0.838. The van der Waals surface area contributed by atoms with Crippen molar-refractivity contribution in [2.45, 2.75) is 13.8 Å². The largest absolute Gasteiger partial charge is 1.00 e. The molecule has 0 saturated heterocycles. The average molecular weight is 312 g/mol. The van der Waals surface area contributed by atoms with E-state index in [4.69, 9.17) is 0 Å². The molecule has 0 N–H and O–H groups in total. The molecule has 22 heavy (non-hydrogen) atoms. The SMILES string of the molecule is Cc1ccccc1C1=NN=N[N+]1(C#N)c1ccccc1C.[Cl-]. The van der Waals surface area contributed by atoms with Crippen LogP contribution >= 0.6 is 0 Å². The highest BCUT2D eigenvalue weighted by atomic mass is 35.5. The molecule has 1 heterocycles. The van der Waals surface area contributed by atoms with Gasteiger partial charge in [0.2, 0.25) is 0 Å². The highest BCUT2D eigenvalue weighted by molar-refractivity contribution is 6.08. The second-order valence-corrected chi connectivity index (χ2v) is 4.94. The molecular weight excluding hydrogens is 298 g/mol. The van der Waals surface area contributed by atoms with Crippen molar-refractivity contribution in [3.05, 3.63) is 65.2 Å². The standard InChI is InChI=1S/C16H14N5.ClH/c1-12-7-3-5-9-14(12)16-18-19-20-21(16,11-17)15-10-6-4-8-13(15)2;/h3-10H,1-2H3;1H/q+1;/p-1. The Balaban J connectivity index is 0.00000176. The molecule has 6 heteroatoms. The Bertz CT molecular complexity index is 806. The van der Waals surface area contributed by atoms with E-state index in [9.17, 15) is 5.26 Å². The number of quaternary nitrogens is 1. The van der Waals surface area contributed by atoms with Crippen LogP contribution in [0.4, 0.5) is 5.69 Å². The van der Waals surface area contributed by atoms with Crippen molar-refractivity contribution in [3.8, 4) is 6.19 Å². The van der Waals surface area contributed by atoms with Gasteiger partial charge in [-0.2, -0.15) is 0 Å². The molecule has 110 valence electrons. The molecule has 3 rings (SSSR count). The molecule has 0 amide bonds. The van der Waals surface area contributed by atoms with Gasteiger partial charge < -0.3 is 12.4 Å². The lowest BCUT2D eigenvalue weighted by Crippen LogP contribution is -3.00. The second-order valence-electron chi connectivity index (χ2n) is 4.94. The van der Waals surface area contributed by atoms with Crippen LogP contribution in [0, 0.1) is 25.3 Å². The molecule has 1 atom stereocenters. The first-order valence-corrected chi connectivity index (χ1v) is 6.62. The minimum atomic E-state index is -0.364. The van der Waals surface area contributed by atoms with Gasteiger partial charge in [-0.1, -0.05) is 41.5 Å². The summed E-state index contributed by atoms with van der Waals surface area (Å²) in [7, 11) is 0. The second kappa shape index (κ2) is 6.06. The van der Waals surface area contributed by atoms with Crippen molar-refractivity contribution in [2.75, 3.05) is 0 Å². The summed E-state index contributed by atoms with van der Waals surface area (Å²) in [4.78, 5) is 0. The van der Waals surface area contributed by atoms with Gasteiger partial charge in [0, 0.05) is 21.4 Å². The van der Waals surface area contributed by atoms with E-state index < -0.39 is 0 Å². The van der Waals surface area contributed by atoms with Crippen LogP contribution in [0.15, 0.2) is 64.1 Å². The van der Waals surface area contributed by atoms with Crippen molar-refractivity contribution >= 4 is 11.5 Å². The number of amidine groups is 1. The molecule has 1 aliphatic rings. The molecule has 1 unspecified atom stereocenters. The van der Waals surface area contributed by atoms with Crippen molar-refractivity contribution < 1.29 is 12.4 Å². The van der Waals surface area contributed by atoms with Crippen LogP contribution in [0.25, 0.3) is 0 Å². The Morgan fingerprint density at radius 3 is 2.23 bits per heavy atom. The van der Waals surface area contributed by atoms with E-state index in [-0.39, 0.29) is 17.0 Å². The van der Waals surface area contributed by atoms with Crippen LogP contribution in [-0.2, 0) is 0 Å². The summed E-state index contributed by atoms with van der Waals surface area (Å²) < 4.78 is -0.364. The molecule has 0 spiro atoms. The summed E-state index contributed by atoms with van der Waals surface area (Å²) in [6.07, 6.45) is 2.26. The highest BCUT2D eigenvalue weighted by Gasteiger charge is 2.46. The fraction of sp³-hybridized carbons (Fsp3) is 0.125. The first kappa shape index (κ1) is 15.8. The molecule has 5 nitrogen and oxygen atoms in total. The van der Waals surface area contributed by atoms with Crippen LogP contribution in [0.3, 0.4) is 0 Å². The maximum atomic E-state index is 9.80. The van der Waals surface area contributed by atoms with Crippen molar-refractivity contribution in [1.82, 2.24) is 4.59 Å². The summed E-state index contributed by atoms with van der Waals surface area (Å²) in [5.41, 5.74) is 3.66. The summed E-state index contributed by atoms with van der Waals surface area (Å²) in [6.45, 7) is 3.94. The quantitative estimate of drug-likeness (QED) is 0.599. The van der Waals surface area contributed by atoms with E-state index in [1.54, 1.807) is 0 Å². The van der Waals surface area contributed by atoms with E-state index in [0.29, 0.717) is 5.84 Å². The Hall–Kier alpha value is -2.55. The van der Waals surface area contributed by atoms with Crippen LogP contribution in [0.1, 0.15) is 16.7 Å². The van der Waals surface area contributed by atoms with Gasteiger partial charge in [-0.25, -0.2) is 0 Å². The number of halogens is 1. The molecule has 0 saturated carbocycles. The summed E-state index contributed by atoms with van der Waals surface area (Å²) in [6, 6.07) is 15.5. The minimum absolute atomic E-state index is 0. The van der Waals surface area contributed by atoms with Crippen LogP contribution in [0.5, 0.6) is 0 Å². The third-order valence-electron chi connectivity index (χ3n) is 3.61. The number of aryl methyl sites for hydroxylation is 2. The lowest BCUT2D eigenvalue weighted by Gasteiger charge is -2.19. The molecular formula is C16H14ClN5. The number of hydrogen-bond acceptors (Lipinski definition) is 4. The molecule has 1 aliphatic heterocycles. The predicted molar refractivity (Wildman–Crippen MR) is 81.2 cm³/mol. The molecule has 2 aromatic rings. The Labute approximate surface area is 135 Å². The minimum Gasteiger partial charge on any atom is -1.00 e.